The molecule has 0 unspecified atom stereocenters. The molecule has 0 aromatic heterocycles. The predicted octanol–water partition coefficient (Wildman–Crippen LogP) is 3.63. The first-order chi connectivity index (χ1) is 8.24. The minimum absolute atomic E-state index is 1.18. The quantitative estimate of drug-likeness (QED) is 0.383. The molecular weight excluding hydrogens is 208 g/mol. The number of allylic oxidation sites excluding steroid dienone is 2. The first-order valence-electron chi connectivity index (χ1n) is 7.17. The fraction of sp³-hybridized carbons (Fsp3) is 0.800. The lowest BCUT2D eigenvalue weighted by Gasteiger charge is -2.16. The van der Waals surface area contributed by atoms with Crippen LogP contribution in [0.3, 0.4) is 0 Å². The van der Waals surface area contributed by atoms with Crippen molar-refractivity contribution >= 4 is 6.34 Å². The van der Waals surface area contributed by atoms with Crippen molar-refractivity contribution in [1.82, 2.24) is 4.90 Å². The van der Waals surface area contributed by atoms with Gasteiger partial charge in [-0.25, -0.2) is 4.90 Å². The zero-order chi connectivity index (χ0) is 12.5. The van der Waals surface area contributed by atoms with Crippen molar-refractivity contribution in [3.05, 3.63) is 11.8 Å². The molecule has 1 aliphatic rings. The number of nitrogens with zero attached hydrogens (tertiary/aromatic N) is 2. The SMILES string of the molecule is C/C=C1/CCCCCCCCCN1C=[N+](C)C. The Bertz CT molecular complexity index is 262. The van der Waals surface area contributed by atoms with Crippen LogP contribution in [0.4, 0.5) is 0 Å². The molecule has 1 saturated heterocycles. The van der Waals surface area contributed by atoms with E-state index < -0.39 is 0 Å². The smallest absolute Gasteiger partial charge is 0.238 e. The van der Waals surface area contributed by atoms with Crippen LogP contribution in [-0.2, 0) is 0 Å². The third kappa shape index (κ3) is 5.90. The van der Waals surface area contributed by atoms with Crippen LogP contribution in [0.1, 0.15) is 58.3 Å². The Kier molecular flexibility index (Phi) is 6.99. The van der Waals surface area contributed by atoms with E-state index in [1.54, 1.807) is 0 Å². The van der Waals surface area contributed by atoms with E-state index >= 15 is 0 Å². The second-order valence-corrected chi connectivity index (χ2v) is 5.28. The summed E-state index contributed by atoms with van der Waals surface area (Å²) in [6.45, 7) is 3.35. The second-order valence-electron chi connectivity index (χ2n) is 5.28. The molecule has 98 valence electrons. The third-order valence-corrected chi connectivity index (χ3v) is 3.40. The van der Waals surface area contributed by atoms with E-state index in [4.69, 9.17) is 0 Å². The minimum Gasteiger partial charge on any atom is -0.273 e. The van der Waals surface area contributed by atoms with E-state index in [9.17, 15) is 0 Å². The lowest BCUT2D eigenvalue weighted by molar-refractivity contribution is -0.464. The van der Waals surface area contributed by atoms with Gasteiger partial charge in [0.05, 0.1) is 26.3 Å². The van der Waals surface area contributed by atoms with Gasteiger partial charge in [-0.15, -0.1) is 0 Å². The standard InChI is InChI=1S/C15H29N2/c1-4-15-12-10-8-6-5-7-9-11-13-17(15)14-16(2)3/h4,14H,5-13H2,1-3H3/q+1/b15-4-. The average molecular weight is 237 g/mol. The number of rotatable bonds is 1. The summed E-state index contributed by atoms with van der Waals surface area (Å²) in [5, 5.41) is 0. The molecule has 0 aromatic carbocycles. The molecule has 1 rings (SSSR count). The molecule has 1 heterocycles. The topological polar surface area (TPSA) is 6.25 Å². The number of hydrogen-bond acceptors (Lipinski definition) is 0. The van der Waals surface area contributed by atoms with Gasteiger partial charge in [0.1, 0.15) is 0 Å². The van der Waals surface area contributed by atoms with Gasteiger partial charge in [0.15, 0.2) is 0 Å². The molecule has 0 saturated carbocycles. The molecule has 0 aliphatic carbocycles. The van der Waals surface area contributed by atoms with Gasteiger partial charge >= 0.3 is 0 Å². The summed E-state index contributed by atoms with van der Waals surface area (Å²) in [6, 6.07) is 0. The fourth-order valence-corrected chi connectivity index (χ4v) is 2.48. The van der Waals surface area contributed by atoms with Crippen LogP contribution in [-0.4, -0.2) is 36.5 Å². The maximum Gasteiger partial charge on any atom is 0.238 e. The highest BCUT2D eigenvalue weighted by atomic mass is 15.2. The Balaban J connectivity index is 2.67. The van der Waals surface area contributed by atoms with E-state index in [2.05, 4.69) is 42.9 Å². The molecule has 2 nitrogen and oxygen atoms in total. The second kappa shape index (κ2) is 8.32. The van der Waals surface area contributed by atoms with Crippen LogP contribution < -0.4 is 0 Å². The van der Waals surface area contributed by atoms with Gasteiger partial charge in [-0.05, 0) is 32.3 Å². The molecule has 1 aliphatic heterocycles. The zero-order valence-corrected chi connectivity index (χ0v) is 11.9. The van der Waals surface area contributed by atoms with E-state index in [0.29, 0.717) is 0 Å². The molecule has 0 amide bonds. The van der Waals surface area contributed by atoms with Gasteiger partial charge in [-0.2, -0.15) is 0 Å². The summed E-state index contributed by atoms with van der Waals surface area (Å²) in [6.07, 6.45) is 15.5. The zero-order valence-electron chi connectivity index (χ0n) is 11.9. The van der Waals surface area contributed by atoms with Crippen LogP contribution in [0.15, 0.2) is 11.8 Å². The average Bonchev–Trinajstić information content (AvgIpc) is 2.34. The Labute approximate surface area is 107 Å². The van der Waals surface area contributed by atoms with Gasteiger partial charge < -0.3 is 0 Å². The Morgan fingerprint density at radius 3 is 2.12 bits per heavy atom. The summed E-state index contributed by atoms with van der Waals surface area (Å²) in [5.74, 6) is 0. The van der Waals surface area contributed by atoms with Crippen molar-refractivity contribution in [3.63, 3.8) is 0 Å². The Morgan fingerprint density at radius 1 is 0.941 bits per heavy atom. The number of hydrogen-bond donors (Lipinski definition) is 0. The van der Waals surface area contributed by atoms with Crippen molar-refractivity contribution < 1.29 is 4.58 Å². The van der Waals surface area contributed by atoms with E-state index in [-0.39, 0.29) is 0 Å². The van der Waals surface area contributed by atoms with Crippen molar-refractivity contribution in [1.29, 1.82) is 0 Å². The van der Waals surface area contributed by atoms with Crippen LogP contribution in [0.25, 0.3) is 0 Å². The summed E-state index contributed by atoms with van der Waals surface area (Å²) in [4.78, 5) is 2.45. The van der Waals surface area contributed by atoms with E-state index in [1.165, 1.54) is 63.6 Å². The molecule has 0 aromatic rings. The van der Waals surface area contributed by atoms with Gasteiger partial charge in [-0.1, -0.05) is 25.7 Å². The molecule has 17 heavy (non-hydrogen) atoms. The van der Waals surface area contributed by atoms with Crippen molar-refractivity contribution in [2.45, 2.75) is 58.3 Å². The van der Waals surface area contributed by atoms with Gasteiger partial charge in [0, 0.05) is 6.42 Å². The Hall–Kier alpha value is -0.790. The molecule has 2 heteroatoms. The maximum atomic E-state index is 2.45. The first-order valence-corrected chi connectivity index (χ1v) is 7.17. The summed E-state index contributed by atoms with van der Waals surface area (Å²) < 4.78 is 2.16. The van der Waals surface area contributed by atoms with Crippen molar-refractivity contribution in [3.8, 4) is 0 Å². The normalized spacial score (nSPS) is 22.1. The largest absolute Gasteiger partial charge is 0.273 e. The van der Waals surface area contributed by atoms with Crippen LogP contribution in [0, 0.1) is 0 Å². The highest BCUT2D eigenvalue weighted by molar-refractivity contribution is 5.52. The highest BCUT2D eigenvalue weighted by Crippen LogP contribution is 2.17. The minimum atomic E-state index is 1.18. The van der Waals surface area contributed by atoms with Gasteiger partial charge in [-0.3, -0.25) is 4.58 Å². The highest BCUT2D eigenvalue weighted by Gasteiger charge is 2.14. The first kappa shape index (κ1) is 14.3. The van der Waals surface area contributed by atoms with Crippen LogP contribution in [0.2, 0.25) is 0 Å². The van der Waals surface area contributed by atoms with E-state index in [1.807, 2.05) is 0 Å². The fourth-order valence-electron chi connectivity index (χ4n) is 2.48. The monoisotopic (exact) mass is 237 g/mol. The molecule has 1 fully saturated rings. The van der Waals surface area contributed by atoms with E-state index in [0.717, 1.165) is 0 Å². The predicted molar refractivity (Wildman–Crippen MR) is 75.6 cm³/mol. The van der Waals surface area contributed by atoms with Gasteiger partial charge in [0.25, 0.3) is 0 Å². The molecular formula is C15H29N2+. The van der Waals surface area contributed by atoms with Gasteiger partial charge in [0.2, 0.25) is 6.34 Å². The molecule has 0 N–H and O–H groups in total. The summed E-state index contributed by atoms with van der Waals surface area (Å²) >= 11 is 0. The third-order valence-electron chi connectivity index (χ3n) is 3.40. The molecule has 0 bridgehead atoms. The Morgan fingerprint density at radius 2 is 1.53 bits per heavy atom. The molecule has 0 spiro atoms. The lowest BCUT2D eigenvalue weighted by atomic mass is 10.1. The van der Waals surface area contributed by atoms with Crippen LogP contribution >= 0.6 is 0 Å². The van der Waals surface area contributed by atoms with Crippen molar-refractivity contribution in [2.24, 2.45) is 0 Å². The summed E-state index contributed by atoms with van der Waals surface area (Å²) in [5.41, 5.74) is 1.50. The summed E-state index contributed by atoms with van der Waals surface area (Å²) in [7, 11) is 4.22. The lowest BCUT2D eigenvalue weighted by Crippen LogP contribution is -2.26. The molecule has 0 atom stereocenters. The van der Waals surface area contributed by atoms with Crippen molar-refractivity contribution in [2.75, 3.05) is 20.6 Å². The molecule has 0 radical (unpaired) electrons. The van der Waals surface area contributed by atoms with Crippen LogP contribution in [0.5, 0.6) is 0 Å². The maximum absolute atomic E-state index is 2.45.